The average molecular weight is 303 g/mol. The van der Waals surface area contributed by atoms with E-state index in [9.17, 15) is 18.0 Å². The molecular formula is C13H10ClF3N2O. The molecule has 0 radical (unpaired) electrons. The number of halogens is 4. The van der Waals surface area contributed by atoms with E-state index in [1.165, 1.54) is 6.92 Å². The summed E-state index contributed by atoms with van der Waals surface area (Å²) in [6, 6.07) is 6.43. The minimum absolute atomic E-state index is 0.0785. The highest BCUT2D eigenvalue weighted by Crippen LogP contribution is 2.30. The number of nitrogens with one attached hydrogen (secondary N) is 1. The highest BCUT2D eigenvalue weighted by molar-refractivity contribution is 6.31. The third-order valence-corrected chi connectivity index (χ3v) is 3.10. The molecule has 0 fully saturated rings. The monoisotopic (exact) mass is 302 g/mol. The van der Waals surface area contributed by atoms with Gasteiger partial charge in [0.05, 0.1) is 5.56 Å². The summed E-state index contributed by atoms with van der Waals surface area (Å²) in [7, 11) is 0. The Balaban J connectivity index is 2.57. The van der Waals surface area contributed by atoms with Gasteiger partial charge in [0.25, 0.3) is 5.56 Å². The van der Waals surface area contributed by atoms with Gasteiger partial charge in [-0.05, 0) is 18.6 Å². The van der Waals surface area contributed by atoms with Gasteiger partial charge in [0.2, 0.25) is 0 Å². The maximum Gasteiger partial charge on any atom is 0.433 e. The summed E-state index contributed by atoms with van der Waals surface area (Å²) < 4.78 is 38.9. The number of H-pyrrole nitrogens is 1. The van der Waals surface area contributed by atoms with E-state index in [0.717, 1.165) is 0 Å². The van der Waals surface area contributed by atoms with Crippen LogP contribution in [-0.2, 0) is 12.6 Å². The normalized spacial score (nSPS) is 11.7. The third kappa shape index (κ3) is 3.01. The first-order chi connectivity index (χ1) is 9.29. The van der Waals surface area contributed by atoms with Crippen LogP contribution in [0.4, 0.5) is 13.2 Å². The number of alkyl halides is 3. The maximum atomic E-state index is 13.0. The lowest BCUT2D eigenvalue weighted by Gasteiger charge is -2.12. The Morgan fingerprint density at radius 1 is 1.30 bits per heavy atom. The van der Waals surface area contributed by atoms with Crippen LogP contribution in [0.25, 0.3) is 0 Å². The van der Waals surface area contributed by atoms with Gasteiger partial charge < -0.3 is 4.98 Å². The zero-order chi connectivity index (χ0) is 14.9. The van der Waals surface area contributed by atoms with Crippen molar-refractivity contribution in [3.05, 3.63) is 62.3 Å². The van der Waals surface area contributed by atoms with Crippen molar-refractivity contribution in [2.24, 2.45) is 0 Å². The second-order valence-electron chi connectivity index (χ2n) is 4.24. The van der Waals surface area contributed by atoms with E-state index in [0.29, 0.717) is 10.6 Å². The third-order valence-electron chi connectivity index (χ3n) is 2.73. The Hall–Kier alpha value is -1.82. The quantitative estimate of drug-likeness (QED) is 0.925. The SMILES string of the molecule is Cc1nc(C(F)(F)F)c(Cc2ccccc2Cl)c(=O)[nH]1. The molecule has 0 aliphatic heterocycles. The van der Waals surface area contributed by atoms with Crippen molar-refractivity contribution >= 4 is 11.6 Å². The largest absolute Gasteiger partial charge is 0.433 e. The molecule has 0 saturated heterocycles. The smallest absolute Gasteiger partial charge is 0.311 e. The fraction of sp³-hybridized carbons (Fsp3) is 0.231. The summed E-state index contributed by atoms with van der Waals surface area (Å²) in [4.78, 5) is 17.5. The minimum Gasteiger partial charge on any atom is -0.311 e. The highest BCUT2D eigenvalue weighted by atomic mass is 35.5. The lowest BCUT2D eigenvalue weighted by Crippen LogP contribution is -2.24. The van der Waals surface area contributed by atoms with E-state index in [2.05, 4.69) is 9.97 Å². The number of hydrogen-bond acceptors (Lipinski definition) is 2. The molecule has 0 aliphatic carbocycles. The maximum absolute atomic E-state index is 13.0. The van der Waals surface area contributed by atoms with Crippen LogP contribution in [0.15, 0.2) is 29.1 Å². The zero-order valence-corrected chi connectivity index (χ0v) is 11.1. The second kappa shape index (κ2) is 5.28. The van der Waals surface area contributed by atoms with Crippen LogP contribution in [0.5, 0.6) is 0 Å². The van der Waals surface area contributed by atoms with Gasteiger partial charge >= 0.3 is 6.18 Å². The molecule has 0 aliphatic rings. The molecular weight excluding hydrogens is 293 g/mol. The first kappa shape index (κ1) is 14.6. The number of nitrogens with zero attached hydrogens (tertiary/aromatic N) is 1. The standard InChI is InChI=1S/C13H10ClF3N2O/c1-7-18-11(13(15,16)17)9(12(20)19-7)6-8-4-2-3-5-10(8)14/h2-5H,6H2,1H3,(H,18,19,20). The predicted molar refractivity (Wildman–Crippen MR) is 68.9 cm³/mol. The van der Waals surface area contributed by atoms with Crippen LogP contribution in [-0.4, -0.2) is 9.97 Å². The van der Waals surface area contributed by atoms with Crippen molar-refractivity contribution in [3.63, 3.8) is 0 Å². The fourth-order valence-electron chi connectivity index (χ4n) is 1.84. The Morgan fingerprint density at radius 3 is 2.55 bits per heavy atom. The molecule has 0 unspecified atom stereocenters. The molecule has 7 heteroatoms. The van der Waals surface area contributed by atoms with Crippen LogP contribution in [0.1, 0.15) is 22.6 Å². The molecule has 0 atom stereocenters. The Kier molecular flexibility index (Phi) is 3.85. The molecule has 0 amide bonds. The van der Waals surface area contributed by atoms with Gasteiger partial charge in [0.15, 0.2) is 5.69 Å². The molecule has 0 saturated carbocycles. The lowest BCUT2D eigenvalue weighted by atomic mass is 10.0. The summed E-state index contributed by atoms with van der Waals surface area (Å²) in [5.74, 6) is -0.0785. The molecule has 0 bridgehead atoms. The van der Waals surface area contributed by atoms with Crippen molar-refractivity contribution in [2.75, 3.05) is 0 Å². The summed E-state index contributed by atoms with van der Waals surface area (Å²) in [6.07, 6.45) is -4.91. The summed E-state index contributed by atoms with van der Waals surface area (Å²) in [5, 5.41) is 0.306. The van der Waals surface area contributed by atoms with E-state index in [1.54, 1.807) is 24.3 Å². The van der Waals surface area contributed by atoms with E-state index >= 15 is 0 Å². The molecule has 1 aromatic heterocycles. The average Bonchev–Trinajstić information content (AvgIpc) is 2.33. The van der Waals surface area contributed by atoms with Gasteiger partial charge in [-0.2, -0.15) is 13.2 Å². The Morgan fingerprint density at radius 2 is 1.95 bits per heavy atom. The molecule has 3 nitrogen and oxygen atoms in total. The number of benzene rings is 1. The van der Waals surface area contributed by atoms with Crippen molar-refractivity contribution in [2.45, 2.75) is 19.5 Å². The summed E-state index contributed by atoms with van der Waals surface area (Å²) in [6.45, 7) is 1.30. The van der Waals surface area contributed by atoms with E-state index in [4.69, 9.17) is 11.6 Å². The minimum atomic E-state index is -4.68. The number of rotatable bonds is 2. The number of aromatic amines is 1. The predicted octanol–water partition coefficient (Wildman–Crippen LogP) is 3.34. The molecule has 2 rings (SSSR count). The van der Waals surface area contributed by atoms with Crippen LogP contribution < -0.4 is 5.56 Å². The van der Waals surface area contributed by atoms with E-state index in [-0.39, 0.29) is 12.2 Å². The molecule has 1 aromatic carbocycles. The fourth-order valence-corrected chi connectivity index (χ4v) is 2.04. The zero-order valence-electron chi connectivity index (χ0n) is 10.4. The molecule has 2 aromatic rings. The number of aromatic nitrogens is 2. The van der Waals surface area contributed by atoms with Gasteiger partial charge in [0, 0.05) is 11.4 Å². The molecule has 0 spiro atoms. The number of aryl methyl sites for hydroxylation is 1. The van der Waals surface area contributed by atoms with Crippen LogP contribution >= 0.6 is 11.6 Å². The Bertz CT molecular complexity index is 695. The first-order valence-corrected chi connectivity index (χ1v) is 6.07. The second-order valence-corrected chi connectivity index (χ2v) is 4.65. The van der Waals surface area contributed by atoms with Gasteiger partial charge in [-0.1, -0.05) is 29.8 Å². The lowest BCUT2D eigenvalue weighted by molar-refractivity contribution is -0.142. The summed E-state index contributed by atoms with van der Waals surface area (Å²) >= 11 is 5.91. The molecule has 1 heterocycles. The van der Waals surface area contributed by atoms with Crippen molar-refractivity contribution in [1.29, 1.82) is 0 Å². The van der Waals surface area contributed by atoms with Gasteiger partial charge in [-0.25, -0.2) is 4.98 Å². The molecule has 106 valence electrons. The van der Waals surface area contributed by atoms with Crippen LogP contribution in [0.2, 0.25) is 5.02 Å². The van der Waals surface area contributed by atoms with E-state index in [1.807, 2.05) is 0 Å². The highest BCUT2D eigenvalue weighted by Gasteiger charge is 2.37. The van der Waals surface area contributed by atoms with Gasteiger partial charge in [-0.15, -0.1) is 0 Å². The van der Waals surface area contributed by atoms with E-state index < -0.39 is 23.0 Å². The van der Waals surface area contributed by atoms with Gasteiger partial charge in [0.1, 0.15) is 5.82 Å². The van der Waals surface area contributed by atoms with Crippen LogP contribution in [0.3, 0.4) is 0 Å². The van der Waals surface area contributed by atoms with Crippen molar-refractivity contribution < 1.29 is 13.2 Å². The topological polar surface area (TPSA) is 45.8 Å². The van der Waals surface area contributed by atoms with Gasteiger partial charge in [-0.3, -0.25) is 4.79 Å². The van der Waals surface area contributed by atoms with Crippen molar-refractivity contribution in [1.82, 2.24) is 9.97 Å². The molecule has 20 heavy (non-hydrogen) atoms. The first-order valence-electron chi connectivity index (χ1n) is 5.69. The Labute approximate surface area is 117 Å². The molecule has 1 N–H and O–H groups in total. The van der Waals surface area contributed by atoms with Crippen molar-refractivity contribution in [3.8, 4) is 0 Å². The number of hydrogen-bond donors (Lipinski definition) is 1. The summed E-state index contributed by atoms with van der Waals surface area (Å²) in [5.41, 5.74) is -1.96. The van der Waals surface area contributed by atoms with Crippen LogP contribution in [0, 0.1) is 6.92 Å².